The molecule has 0 spiro atoms. The Hall–Kier alpha value is -0.570. The Morgan fingerprint density at radius 2 is 1.63 bits per heavy atom. The van der Waals surface area contributed by atoms with Crippen LogP contribution in [0.5, 0.6) is 0 Å². The molecule has 2 saturated carbocycles. The number of nitrogens with zero attached hydrogens (tertiary/aromatic N) is 2. The van der Waals surface area contributed by atoms with E-state index < -0.39 is 0 Å². The minimum atomic E-state index is -0.224. The van der Waals surface area contributed by atoms with E-state index in [2.05, 4.69) is 6.92 Å². The van der Waals surface area contributed by atoms with Crippen molar-refractivity contribution in [3.8, 4) is 0 Å². The van der Waals surface area contributed by atoms with Crippen molar-refractivity contribution >= 4 is 5.71 Å². The van der Waals surface area contributed by atoms with E-state index in [0.717, 1.165) is 12.8 Å². The van der Waals surface area contributed by atoms with E-state index >= 15 is 0 Å². The lowest BCUT2D eigenvalue weighted by Crippen LogP contribution is -2.41. The monoisotopic (exact) mass is 266 g/mol. The summed E-state index contributed by atoms with van der Waals surface area (Å²) in [4.78, 5) is 0. The van der Waals surface area contributed by atoms with Gasteiger partial charge in [0.25, 0.3) is 0 Å². The van der Waals surface area contributed by atoms with Gasteiger partial charge in [-0.3, -0.25) is 5.01 Å². The molecule has 0 aromatic heterocycles. The number of aliphatic hydroxyl groups excluding tert-OH is 1. The Balaban J connectivity index is 1.87. The van der Waals surface area contributed by atoms with Gasteiger partial charge in [-0.1, -0.05) is 25.7 Å². The molecule has 0 radical (unpaired) electrons. The lowest BCUT2D eigenvalue weighted by Gasteiger charge is -2.34. The van der Waals surface area contributed by atoms with E-state index in [9.17, 15) is 5.11 Å². The van der Waals surface area contributed by atoms with Gasteiger partial charge < -0.3 is 5.11 Å². The summed E-state index contributed by atoms with van der Waals surface area (Å²) in [5.41, 5.74) is 1.33. The predicted octanol–water partition coefficient (Wildman–Crippen LogP) is 3.57. The molecule has 1 N–H and O–H groups in total. The van der Waals surface area contributed by atoms with Gasteiger partial charge in [-0.25, -0.2) is 0 Å². The molecule has 19 heavy (non-hydrogen) atoms. The maximum Gasteiger partial charge on any atom is 0.0785 e. The van der Waals surface area contributed by atoms with E-state index in [1.807, 2.05) is 12.1 Å². The normalized spacial score (nSPS) is 24.9. The summed E-state index contributed by atoms with van der Waals surface area (Å²) >= 11 is 0. The van der Waals surface area contributed by atoms with Crippen molar-refractivity contribution in [1.82, 2.24) is 5.01 Å². The highest BCUT2D eigenvalue weighted by Gasteiger charge is 2.28. The second-order valence-electron chi connectivity index (χ2n) is 6.43. The van der Waals surface area contributed by atoms with E-state index in [-0.39, 0.29) is 12.1 Å². The number of rotatable bonds is 4. The third-order valence-electron chi connectivity index (χ3n) is 4.95. The second kappa shape index (κ2) is 7.28. The first-order chi connectivity index (χ1) is 9.18. The maximum atomic E-state index is 10.5. The number of likely N-dealkylation sites (N-methyl/N-ethyl adjacent to an activating group) is 1. The number of aliphatic hydroxyl groups is 1. The topological polar surface area (TPSA) is 35.8 Å². The Kier molecular flexibility index (Phi) is 5.68. The predicted molar refractivity (Wildman–Crippen MR) is 80.3 cm³/mol. The lowest BCUT2D eigenvalue weighted by molar-refractivity contribution is 0.0153. The van der Waals surface area contributed by atoms with E-state index in [4.69, 9.17) is 5.10 Å². The molecule has 2 aliphatic rings. The summed E-state index contributed by atoms with van der Waals surface area (Å²) in [7, 11) is 2.03. The van der Waals surface area contributed by atoms with Gasteiger partial charge in [-0.15, -0.1) is 0 Å². The fourth-order valence-electron chi connectivity index (χ4n) is 3.46. The zero-order chi connectivity index (χ0) is 13.7. The Labute approximate surface area is 118 Å². The van der Waals surface area contributed by atoms with Gasteiger partial charge in [-0.05, 0) is 51.4 Å². The van der Waals surface area contributed by atoms with Crippen LogP contribution < -0.4 is 0 Å². The molecule has 2 rings (SSSR count). The summed E-state index contributed by atoms with van der Waals surface area (Å²) in [6.45, 7) is 2.12. The van der Waals surface area contributed by atoms with Crippen molar-refractivity contribution in [3.05, 3.63) is 0 Å². The molecule has 110 valence electrons. The fraction of sp³-hybridized carbons (Fsp3) is 0.938. The number of hydrazone groups is 1. The average molecular weight is 266 g/mol. The van der Waals surface area contributed by atoms with Crippen LogP contribution in [0, 0.1) is 5.92 Å². The average Bonchev–Trinajstić information content (AvgIpc) is 2.47. The van der Waals surface area contributed by atoms with Crippen LogP contribution in [0.2, 0.25) is 0 Å². The van der Waals surface area contributed by atoms with Crippen LogP contribution in [0.1, 0.15) is 71.1 Å². The van der Waals surface area contributed by atoms with Crippen molar-refractivity contribution in [2.45, 2.75) is 83.3 Å². The highest BCUT2D eigenvalue weighted by Crippen LogP contribution is 2.29. The molecule has 0 unspecified atom stereocenters. The molecule has 0 saturated heterocycles. The van der Waals surface area contributed by atoms with Gasteiger partial charge in [-0.2, -0.15) is 5.10 Å². The van der Waals surface area contributed by atoms with E-state index in [0.29, 0.717) is 5.92 Å². The first-order valence-electron chi connectivity index (χ1n) is 8.15. The van der Waals surface area contributed by atoms with Gasteiger partial charge in [0.2, 0.25) is 0 Å². The molecule has 0 aromatic carbocycles. The zero-order valence-electron chi connectivity index (χ0n) is 12.6. The van der Waals surface area contributed by atoms with Crippen LogP contribution in [-0.2, 0) is 0 Å². The van der Waals surface area contributed by atoms with Crippen LogP contribution in [0.25, 0.3) is 0 Å². The first-order valence-corrected chi connectivity index (χ1v) is 8.15. The first kappa shape index (κ1) is 14.8. The van der Waals surface area contributed by atoms with Crippen LogP contribution in [0.3, 0.4) is 0 Å². The molecule has 0 aliphatic heterocycles. The molecular formula is C16H30N2O. The van der Waals surface area contributed by atoms with Gasteiger partial charge in [0.05, 0.1) is 12.1 Å². The molecule has 0 amide bonds. The number of hydrogen-bond donors (Lipinski definition) is 1. The largest absolute Gasteiger partial charge is 0.391 e. The third kappa shape index (κ3) is 4.20. The SMILES string of the molecule is C[C@H]([C@H](O)C1CCCCC1)N(C)N=C1CCCCC1. The van der Waals surface area contributed by atoms with E-state index in [1.165, 1.54) is 57.1 Å². The van der Waals surface area contributed by atoms with Crippen LogP contribution in [-0.4, -0.2) is 35.0 Å². The van der Waals surface area contributed by atoms with E-state index in [1.54, 1.807) is 0 Å². The molecule has 0 aromatic rings. The van der Waals surface area contributed by atoms with Crippen LogP contribution >= 0.6 is 0 Å². The number of hydrogen-bond acceptors (Lipinski definition) is 3. The molecule has 0 bridgehead atoms. The Morgan fingerprint density at radius 3 is 2.26 bits per heavy atom. The molecule has 2 fully saturated rings. The Bertz CT molecular complexity index is 289. The maximum absolute atomic E-state index is 10.5. The summed E-state index contributed by atoms with van der Waals surface area (Å²) < 4.78 is 0. The lowest BCUT2D eigenvalue weighted by atomic mass is 9.83. The van der Waals surface area contributed by atoms with Gasteiger partial charge in [0, 0.05) is 12.8 Å². The van der Waals surface area contributed by atoms with Crippen molar-refractivity contribution in [1.29, 1.82) is 0 Å². The summed E-state index contributed by atoms with van der Waals surface area (Å²) in [6, 6.07) is 0.137. The molecule has 2 atom stereocenters. The summed E-state index contributed by atoms with van der Waals surface area (Å²) in [5.74, 6) is 0.484. The van der Waals surface area contributed by atoms with Crippen molar-refractivity contribution < 1.29 is 5.11 Å². The molecule has 3 heteroatoms. The standard InChI is InChI=1S/C16H30N2O/c1-13(16(19)14-9-5-3-6-10-14)18(2)17-15-11-7-4-8-12-15/h13-14,16,19H,3-12H2,1-2H3/t13-,16+/m1/s1. The third-order valence-corrected chi connectivity index (χ3v) is 4.95. The smallest absolute Gasteiger partial charge is 0.0785 e. The van der Waals surface area contributed by atoms with Gasteiger partial charge in [0.1, 0.15) is 0 Å². The van der Waals surface area contributed by atoms with Crippen LogP contribution in [0.15, 0.2) is 5.10 Å². The van der Waals surface area contributed by atoms with Gasteiger partial charge >= 0.3 is 0 Å². The summed E-state index contributed by atoms with van der Waals surface area (Å²) in [6.07, 6.45) is 12.3. The molecule has 0 heterocycles. The fourth-order valence-corrected chi connectivity index (χ4v) is 3.46. The second-order valence-corrected chi connectivity index (χ2v) is 6.43. The van der Waals surface area contributed by atoms with Gasteiger partial charge in [0.15, 0.2) is 0 Å². The Morgan fingerprint density at radius 1 is 1.05 bits per heavy atom. The van der Waals surface area contributed by atoms with Crippen LogP contribution in [0.4, 0.5) is 0 Å². The highest BCUT2D eigenvalue weighted by molar-refractivity contribution is 5.84. The minimum Gasteiger partial charge on any atom is -0.391 e. The van der Waals surface area contributed by atoms with Crippen molar-refractivity contribution in [2.24, 2.45) is 11.0 Å². The van der Waals surface area contributed by atoms with Crippen molar-refractivity contribution in [3.63, 3.8) is 0 Å². The minimum absolute atomic E-state index is 0.137. The summed E-state index contributed by atoms with van der Waals surface area (Å²) in [5, 5.41) is 17.3. The molecular weight excluding hydrogens is 236 g/mol. The van der Waals surface area contributed by atoms with Crippen molar-refractivity contribution in [2.75, 3.05) is 7.05 Å². The quantitative estimate of drug-likeness (QED) is 0.790. The highest BCUT2D eigenvalue weighted by atomic mass is 16.3. The zero-order valence-corrected chi connectivity index (χ0v) is 12.6. The molecule has 2 aliphatic carbocycles. The molecule has 3 nitrogen and oxygen atoms in total.